The summed E-state index contributed by atoms with van der Waals surface area (Å²) in [5, 5.41) is 6.87. The fourth-order valence-corrected chi connectivity index (χ4v) is 2.60. The number of rotatable bonds is 5. The van der Waals surface area contributed by atoms with Crippen LogP contribution in [0.25, 0.3) is 0 Å². The summed E-state index contributed by atoms with van der Waals surface area (Å²) in [6.07, 6.45) is 3.04. The van der Waals surface area contributed by atoms with E-state index in [-0.39, 0.29) is 31.0 Å². The molecule has 0 radical (unpaired) electrons. The van der Waals surface area contributed by atoms with Gasteiger partial charge in [-0.15, -0.1) is 0 Å². The maximum atomic E-state index is 12.3. The predicted molar refractivity (Wildman–Crippen MR) is 86.7 cm³/mol. The molecule has 0 aliphatic carbocycles. The fourth-order valence-electron chi connectivity index (χ4n) is 2.60. The van der Waals surface area contributed by atoms with E-state index in [1.165, 1.54) is 11.2 Å². The van der Waals surface area contributed by atoms with E-state index in [0.29, 0.717) is 18.0 Å². The van der Waals surface area contributed by atoms with Gasteiger partial charge in [-0.1, -0.05) is 6.07 Å². The number of aryl methyl sites for hydroxylation is 1. The minimum Gasteiger partial charge on any atom is -0.482 e. The van der Waals surface area contributed by atoms with Gasteiger partial charge in [0.1, 0.15) is 24.9 Å². The highest BCUT2D eigenvalue weighted by Crippen LogP contribution is 2.32. The third-order valence-corrected chi connectivity index (χ3v) is 3.69. The zero-order valence-corrected chi connectivity index (χ0v) is 13.6. The van der Waals surface area contributed by atoms with E-state index in [2.05, 4.69) is 15.4 Å². The summed E-state index contributed by atoms with van der Waals surface area (Å²) in [5.74, 6) is 0.154. The van der Waals surface area contributed by atoms with Crippen molar-refractivity contribution in [3.8, 4) is 5.75 Å². The number of aromatic nitrogens is 3. The Morgan fingerprint density at radius 2 is 2.29 bits per heavy atom. The molecule has 0 fully saturated rings. The van der Waals surface area contributed by atoms with E-state index in [4.69, 9.17) is 4.74 Å². The molecule has 8 nitrogen and oxygen atoms in total. The van der Waals surface area contributed by atoms with Crippen molar-refractivity contribution in [1.29, 1.82) is 0 Å². The summed E-state index contributed by atoms with van der Waals surface area (Å²) in [6.45, 7) is 4.22. The van der Waals surface area contributed by atoms with Crippen LogP contribution < -0.4 is 15.0 Å². The highest BCUT2D eigenvalue weighted by atomic mass is 16.5. The molecule has 1 aliphatic rings. The molecular formula is C16H19N5O3. The first-order valence-corrected chi connectivity index (χ1v) is 7.68. The second-order valence-corrected chi connectivity index (χ2v) is 5.83. The number of nitrogens with one attached hydrogen (secondary N) is 1. The molecule has 8 heteroatoms. The number of anilines is 1. The van der Waals surface area contributed by atoms with Gasteiger partial charge in [0, 0.05) is 6.04 Å². The lowest BCUT2D eigenvalue weighted by atomic mass is 10.1. The van der Waals surface area contributed by atoms with E-state index in [9.17, 15) is 9.59 Å². The van der Waals surface area contributed by atoms with Crippen molar-refractivity contribution in [3.05, 3.63) is 36.4 Å². The van der Waals surface area contributed by atoms with Crippen molar-refractivity contribution in [3.63, 3.8) is 0 Å². The standard InChI is InChI=1S/C16H19N5O3/c1-11-3-4-14-13(5-11)21(16(23)8-24-14)7-15(22)19-12(2)6-20-10-17-9-18-20/h3-5,9-10,12H,6-8H2,1-2H3,(H,19,22)/t12-/m1/s1. The Morgan fingerprint density at radius 3 is 3.04 bits per heavy atom. The van der Waals surface area contributed by atoms with E-state index >= 15 is 0 Å². The molecule has 2 heterocycles. The molecule has 0 saturated carbocycles. The lowest BCUT2D eigenvalue weighted by molar-refractivity contribution is -0.125. The summed E-state index contributed by atoms with van der Waals surface area (Å²) in [4.78, 5) is 29.8. The van der Waals surface area contributed by atoms with Crippen LogP contribution in [-0.2, 0) is 16.1 Å². The van der Waals surface area contributed by atoms with Crippen LogP contribution in [0.5, 0.6) is 5.75 Å². The van der Waals surface area contributed by atoms with Crippen LogP contribution in [0.1, 0.15) is 12.5 Å². The Kier molecular flexibility index (Phi) is 4.45. The molecule has 0 saturated heterocycles. The van der Waals surface area contributed by atoms with Gasteiger partial charge >= 0.3 is 0 Å². The summed E-state index contributed by atoms with van der Waals surface area (Å²) >= 11 is 0. The van der Waals surface area contributed by atoms with Gasteiger partial charge in [0.15, 0.2) is 6.61 Å². The molecule has 1 aromatic carbocycles. The molecule has 126 valence electrons. The normalized spacial score (nSPS) is 14.8. The first-order valence-electron chi connectivity index (χ1n) is 7.68. The molecule has 3 rings (SSSR count). The van der Waals surface area contributed by atoms with Crippen LogP contribution in [0.3, 0.4) is 0 Å². The molecule has 0 unspecified atom stereocenters. The lowest BCUT2D eigenvalue weighted by Gasteiger charge is -2.29. The fraction of sp³-hybridized carbons (Fsp3) is 0.375. The zero-order chi connectivity index (χ0) is 17.1. The average Bonchev–Trinajstić information content (AvgIpc) is 3.03. The molecule has 0 spiro atoms. The number of ether oxygens (including phenoxy) is 1. The van der Waals surface area contributed by atoms with Gasteiger partial charge in [-0.05, 0) is 31.5 Å². The third-order valence-electron chi connectivity index (χ3n) is 3.69. The second-order valence-electron chi connectivity index (χ2n) is 5.83. The zero-order valence-electron chi connectivity index (χ0n) is 13.6. The van der Waals surface area contributed by atoms with E-state index in [1.54, 1.807) is 11.0 Å². The topological polar surface area (TPSA) is 89.4 Å². The number of carbonyl (C=O) groups is 2. The quantitative estimate of drug-likeness (QED) is 0.864. The molecule has 0 bridgehead atoms. The summed E-state index contributed by atoms with van der Waals surface area (Å²) < 4.78 is 7.05. The van der Waals surface area contributed by atoms with Crippen LogP contribution >= 0.6 is 0 Å². The van der Waals surface area contributed by atoms with E-state index in [0.717, 1.165) is 5.56 Å². The Labute approximate surface area is 139 Å². The third kappa shape index (κ3) is 3.53. The molecule has 1 aromatic heterocycles. The number of nitrogens with zero attached hydrogens (tertiary/aromatic N) is 4. The molecule has 24 heavy (non-hydrogen) atoms. The number of amides is 2. The second kappa shape index (κ2) is 6.69. The minimum atomic E-state index is -0.231. The monoisotopic (exact) mass is 329 g/mol. The van der Waals surface area contributed by atoms with Crippen LogP contribution in [-0.4, -0.2) is 45.8 Å². The number of hydrogen-bond donors (Lipinski definition) is 1. The van der Waals surface area contributed by atoms with Crippen LogP contribution in [0.4, 0.5) is 5.69 Å². The highest BCUT2D eigenvalue weighted by molar-refractivity contribution is 6.02. The lowest BCUT2D eigenvalue weighted by Crippen LogP contribution is -2.47. The van der Waals surface area contributed by atoms with Gasteiger partial charge in [0.2, 0.25) is 5.91 Å². The van der Waals surface area contributed by atoms with Gasteiger partial charge in [-0.25, -0.2) is 4.98 Å². The molecular weight excluding hydrogens is 310 g/mol. The minimum absolute atomic E-state index is 0.0413. The van der Waals surface area contributed by atoms with Gasteiger partial charge in [-0.2, -0.15) is 5.10 Å². The van der Waals surface area contributed by atoms with Gasteiger partial charge < -0.3 is 10.1 Å². The Balaban J connectivity index is 1.65. The SMILES string of the molecule is Cc1ccc2c(c1)N(CC(=O)N[C@H](C)Cn1cncn1)C(=O)CO2. The van der Waals surface area contributed by atoms with Crippen LogP contribution in [0.15, 0.2) is 30.9 Å². The number of hydrogen-bond acceptors (Lipinski definition) is 5. The average molecular weight is 329 g/mol. The smallest absolute Gasteiger partial charge is 0.265 e. The van der Waals surface area contributed by atoms with Crippen molar-refractivity contribution in [2.45, 2.75) is 26.4 Å². The van der Waals surface area contributed by atoms with E-state index in [1.807, 2.05) is 32.0 Å². The van der Waals surface area contributed by atoms with Gasteiger partial charge in [-0.3, -0.25) is 19.2 Å². The Bertz CT molecular complexity index is 744. The largest absolute Gasteiger partial charge is 0.482 e. The molecule has 1 N–H and O–H groups in total. The number of benzene rings is 1. The molecule has 2 aromatic rings. The predicted octanol–water partition coefficient (Wildman–Crippen LogP) is 0.517. The van der Waals surface area contributed by atoms with Crippen molar-refractivity contribution in [1.82, 2.24) is 20.1 Å². The van der Waals surface area contributed by atoms with Crippen molar-refractivity contribution >= 4 is 17.5 Å². The first-order chi connectivity index (χ1) is 11.5. The Hall–Kier alpha value is -2.90. The Morgan fingerprint density at radius 1 is 1.46 bits per heavy atom. The van der Waals surface area contributed by atoms with E-state index < -0.39 is 0 Å². The highest BCUT2D eigenvalue weighted by Gasteiger charge is 2.27. The van der Waals surface area contributed by atoms with Crippen LogP contribution in [0, 0.1) is 6.92 Å². The number of fused-ring (bicyclic) bond motifs is 1. The summed E-state index contributed by atoms with van der Waals surface area (Å²) in [5.41, 5.74) is 1.63. The maximum Gasteiger partial charge on any atom is 0.265 e. The van der Waals surface area contributed by atoms with Crippen molar-refractivity contribution < 1.29 is 14.3 Å². The summed E-state index contributed by atoms with van der Waals surface area (Å²) in [6, 6.07) is 5.44. The van der Waals surface area contributed by atoms with Crippen LogP contribution in [0.2, 0.25) is 0 Å². The number of carbonyl (C=O) groups excluding carboxylic acids is 2. The molecule has 2 amide bonds. The van der Waals surface area contributed by atoms with Crippen molar-refractivity contribution in [2.75, 3.05) is 18.1 Å². The van der Waals surface area contributed by atoms with Crippen molar-refractivity contribution in [2.24, 2.45) is 0 Å². The molecule has 1 aliphatic heterocycles. The maximum absolute atomic E-state index is 12.3. The van der Waals surface area contributed by atoms with Gasteiger partial charge in [0.25, 0.3) is 5.91 Å². The summed E-state index contributed by atoms with van der Waals surface area (Å²) in [7, 11) is 0. The first kappa shape index (κ1) is 16.0. The van der Waals surface area contributed by atoms with Gasteiger partial charge in [0.05, 0.1) is 12.2 Å². The molecule has 1 atom stereocenters.